The Balaban J connectivity index is 1.35. The van der Waals surface area contributed by atoms with E-state index in [1.54, 1.807) is 30.5 Å². The Morgan fingerprint density at radius 1 is 1.38 bits per heavy atom. The summed E-state index contributed by atoms with van der Waals surface area (Å²) in [6.07, 6.45) is 6.82. The Morgan fingerprint density at radius 2 is 2.17 bits per heavy atom. The lowest BCUT2D eigenvalue weighted by Gasteiger charge is -2.49. The van der Waals surface area contributed by atoms with Crippen molar-refractivity contribution in [1.29, 1.82) is 0 Å². The number of carboxylic acid groups (broad SMARTS) is 1. The number of β-lactam (4-membered cyclic amide) rings is 1. The summed E-state index contributed by atoms with van der Waals surface area (Å²) in [7, 11) is 0. The number of anilines is 1. The number of aliphatic carboxylic acids is 1. The second-order valence-electron chi connectivity index (χ2n) is 9.07. The molecule has 40 heavy (non-hydrogen) atoms. The van der Waals surface area contributed by atoms with Crippen LogP contribution in [-0.2, 0) is 25.8 Å². The van der Waals surface area contributed by atoms with Crippen LogP contribution in [0.3, 0.4) is 0 Å². The highest BCUT2D eigenvalue weighted by Crippen LogP contribution is 2.40. The number of hydrogen-bond acceptors (Lipinski definition) is 11. The van der Waals surface area contributed by atoms with E-state index in [1.807, 2.05) is 36.0 Å². The van der Waals surface area contributed by atoms with Gasteiger partial charge in [0.1, 0.15) is 35.1 Å². The fraction of sp³-hybridized carbons (Fsp3) is 0.333. The molecule has 0 unspecified atom stereocenters. The summed E-state index contributed by atoms with van der Waals surface area (Å²) in [5.74, 6) is -2.26. The van der Waals surface area contributed by atoms with Crippen LogP contribution < -0.4 is 15.6 Å². The number of nitrogens with zero attached hydrogens (tertiary/aromatic N) is 7. The van der Waals surface area contributed by atoms with Gasteiger partial charge in [-0.05, 0) is 38.5 Å². The lowest BCUT2D eigenvalue weighted by atomic mass is 10.0. The number of allylic oxidation sites excluding steroid dienone is 1. The van der Waals surface area contributed by atoms with Crippen molar-refractivity contribution < 1.29 is 28.9 Å². The van der Waals surface area contributed by atoms with E-state index in [0.29, 0.717) is 17.0 Å². The van der Waals surface area contributed by atoms with Gasteiger partial charge < -0.3 is 21.0 Å². The van der Waals surface area contributed by atoms with Crippen molar-refractivity contribution in [2.45, 2.75) is 44.8 Å². The van der Waals surface area contributed by atoms with E-state index in [4.69, 9.17) is 10.6 Å². The van der Waals surface area contributed by atoms with Crippen LogP contribution in [-0.4, -0.2) is 75.7 Å². The summed E-state index contributed by atoms with van der Waals surface area (Å²) >= 11 is 2.23. The Bertz CT molecular complexity index is 1590. The monoisotopic (exact) mass is 584 g/mol. The summed E-state index contributed by atoms with van der Waals surface area (Å²) in [4.78, 5) is 48.8. The van der Waals surface area contributed by atoms with E-state index >= 15 is 0 Å². The molecule has 2 aliphatic rings. The van der Waals surface area contributed by atoms with Crippen molar-refractivity contribution in [2.24, 2.45) is 5.16 Å². The topological polar surface area (TPSA) is 181 Å². The number of nitrogens with two attached hydrogens (primary N) is 1. The number of rotatable bonds is 9. The van der Waals surface area contributed by atoms with Gasteiger partial charge in [-0.15, -0.1) is 16.3 Å². The van der Waals surface area contributed by atoms with Gasteiger partial charge in [-0.1, -0.05) is 16.3 Å². The predicted octanol–water partition coefficient (Wildman–Crippen LogP) is 0.657. The summed E-state index contributed by atoms with van der Waals surface area (Å²) in [6.45, 7) is 6.31. The molecule has 0 aliphatic carbocycles. The van der Waals surface area contributed by atoms with Crippen LogP contribution in [0.2, 0.25) is 0 Å². The zero-order valence-corrected chi connectivity index (χ0v) is 23.3. The molecule has 4 N–H and O–H groups in total. The Hall–Kier alpha value is -4.31. The molecule has 5 rings (SSSR count). The number of oxime groups is 1. The number of fused-ring (bicyclic) bond motifs is 2. The number of carbonyl (C=O) groups excluding carboxylic acids is 2. The Labute approximate surface area is 236 Å². The Morgan fingerprint density at radius 3 is 2.85 bits per heavy atom. The summed E-state index contributed by atoms with van der Waals surface area (Å²) in [5, 5.41) is 20.5. The van der Waals surface area contributed by atoms with Crippen LogP contribution in [0, 0.1) is 0 Å². The number of carboxylic acids is 1. The largest absolute Gasteiger partial charge is 0.477 e. The van der Waals surface area contributed by atoms with Crippen molar-refractivity contribution in [3.8, 4) is 0 Å². The minimum absolute atomic E-state index is 0.0321. The third kappa shape index (κ3) is 5.14. The molecule has 0 aromatic carbocycles. The number of imidazole rings is 1. The molecule has 2 aliphatic heterocycles. The molecule has 5 heterocycles. The first-order valence-electron chi connectivity index (χ1n) is 12.3. The molecule has 1 saturated heterocycles. The number of nitrogen functional groups attached to an aromatic ring is 1. The fourth-order valence-electron chi connectivity index (χ4n) is 4.20. The van der Waals surface area contributed by atoms with Gasteiger partial charge in [0.25, 0.3) is 11.8 Å². The first-order chi connectivity index (χ1) is 19.2. The molecule has 16 heteroatoms. The van der Waals surface area contributed by atoms with Gasteiger partial charge in [0.05, 0.1) is 6.54 Å². The molecule has 208 valence electrons. The van der Waals surface area contributed by atoms with Gasteiger partial charge >= 0.3 is 11.6 Å². The molecule has 14 nitrogen and oxygen atoms in total. The van der Waals surface area contributed by atoms with Gasteiger partial charge in [0.15, 0.2) is 11.3 Å². The summed E-state index contributed by atoms with van der Waals surface area (Å²) in [5.41, 5.74) is 7.30. The zero-order valence-electron chi connectivity index (χ0n) is 21.7. The number of amides is 2. The SMILES string of the molecule is CC[n+]1ccn2nc(/C=C/C3=C(C(=O)O)N4C(=O)[C@@H](NC(=O)/C(=N\OC(C)C)c5nsc(N)n5)[C@H]4SC3)ccc21. The van der Waals surface area contributed by atoms with E-state index in [0.717, 1.165) is 23.7 Å². The second kappa shape index (κ2) is 11.1. The van der Waals surface area contributed by atoms with Crippen LogP contribution in [0.1, 0.15) is 32.3 Å². The average molecular weight is 585 g/mol. The minimum Gasteiger partial charge on any atom is -0.477 e. The van der Waals surface area contributed by atoms with E-state index < -0.39 is 29.2 Å². The highest BCUT2D eigenvalue weighted by Gasteiger charge is 2.54. The van der Waals surface area contributed by atoms with Crippen molar-refractivity contribution in [3.05, 3.63) is 53.4 Å². The number of aryl methyl sites for hydroxylation is 1. The van der Waals surface area contributed by atoms with Gasteiger partial charge in [0.2, 0.25) is 11.5 Å². The maximum Gasteiger partial charge on any atom is 0.352 e. The molecular weight excluding hydrogens is 558 g/mol. The molecule has 2 atom stereocenters. The van der Waals surface area contributed by atoms with Crippen molar-refractivity contribution in [3.63, 3.8) is 0 Å². The van der Waals surface area contributed by atoms with Gasteiger partial charge in [-0.25, -0.2) is 9.36 Å². The minimum atomic E-state index is -1.24. The Kier molecular flexibility index (Phi) is 7.53. The maximum absolute atomic E-state index is 13.1. The molecule has 2 amide bonds. The third-order valence-corrected chi connectivity index (χ3v) is 7.89. The molecule has 0 radical (unpaired) electrons. The number of hydrogen-bond donors (Lipinski definition) is 3. The first kappa shape index (κ1) is 27.3. The van der Waals surface area contributed by atoms with Crippen LogP contribution in [0.5, 0.6) is 0 Å². The lowest BCUT2D eigenvalue weighted by molar-refractivity contribution is -0.667. The summed E-state index contributed by atoms with van der Waals surface area (Å²) < 4.78 is 7.80. The molecule has 0 bridgehead atoms. The quantitative estimate of drug-likeness (QED) is 0.140. The normalized spacial score (nSPS) is 19.4. The predicted molar refractivity (Wildman–Crippen MR) is 147 cm³/mol. The van der Waals surface area contributed by atoms with E-state index in [9.17, 15) is 19.5 Å². The molecule has 1 fully saturated rings. The summed E-state index contributed by atoms with van der Waals surface area (Å²) in [6, 6.07) is 2.80. The fourth-order valence-corrected chi connectivity index (χ4v) is 5.95. The smallest absolute Gasteiger partial charge is 0.352 e. The molecule has 3 aromatic rings. The molecule has 0 saturated carbocycles. The maximum atomic E-state index is 13.1. The standard InChI is InChI=1S/C24H25N9O5S2/c1-4-31-9-10-32-15(31)8-7-14(28-32)6-5-13-11-39-22-17(21(35)33(22)18(13)23(36)37)26-20(34)16(29-38-12(2)3)19-27-24(25)40-30-19/h5-10,12,17,22H,4,11H2,1-3H3,(H3-,25,26,27,30,34,36,37)/p+1/b6-5+,29-16-/t17-,22-/m1/s1. The third-order valence-electron chi connectivity index (χ3n) is 6.05. The van der Waals surface area contributed by atoms with E-state index in [1.165, 1.54) is 16.7 Å². The average Bonchev–Trinajstić information content (AvgIpc) is 3.55. The van der Waals surface area contributed by atoms with Crippen LogP contribution in [0.4, 0.5) is 5.13 Å². The van der Waals surface area contributed by atoms with Crippen LogP contribution in [0.15, 0.2) is 47.0 Å². The van der Waals surface area contributed by atoms with Gasteiger partial charge in [-0.2, -0.15) is 9.36 Å². The lowest BCUT2D eigenvalue weighted by Crippen LogP contribution is -2.71. The van der Waals surface area contributed by atoms with Gasteiger partial charge in [-0.3, -0.25) is 14.5 Å². The molecule has 0 spiro atoms. The second-order valence-corrected chi connectivity index (χ2v) is 11.0. The number of nitrogens with one attached hydrogen (secondary N) is 1. The van der Waals surface area contributed by atoms with Crippen molar-refractivity contribution in [2.75, 3.05) is 11.5 Å². The zero-order chi connectivity index (χ0) is 28.6. The van der Waals surface area contributed by atoms with E-state index in [2.05, 4.69) is 24.9 Å². The first-order valence-corrected chi connectivity index (χ1v) is 14.1. The molecule has 3 aromatic heterocycles. The van der Waals surface area contributed by atoms with Crippen LogP contribution in [0.25, 0.3) is 11.7 Å². The number of aromatic nitrogens is 5. The van der Waals surface area contributed by atoms with Crippen molar-refractivity contribution in [1.82, 2.24) is 29.2 Å². The molecular formula is C24H26N9O5S2+. The number of thioether (sulfide) groups is 1. The highest BCUT2D eigenvalue weighted by molar-refractivity contribution is 8.00. The van der Waals surface area contributed by atoms with Crippen LogP contribution >= 0.6 is 23.3 Å². The van der Waals surface area contributed by atoms with E-state index in [-0.39, 0.29) is 28.5 Å². The van der Waals surface area contributed by atoms with Gasteiger partial charge in [0, 0.05) is 23.4 Å². The highest BCUT2D eigenvalue weighted by atomic mass is 32.2. The van der Waals surface area contributed by atoms with Crippen molar-refractivity contribution >= 4 is 63.6 Å². The number of carbonyl (C=O) groups is 3.